The maximum absolute atomic E-state index is 13.0. The Morgan fingerprint density at radius 2 is 2.05 bits per heavy atom. The van der Waals surface area contributed by atoms with E-state index >= 15 is 0 Å². The van der Waals surface area contributed by atoms with Crippen LogP contribution in [0.2, 0.25) is 5.02 Å². The SMILES string of the molecule is CC(C)(C)[CH]C[C@H](CO)NS(=O)(=O)c1ccc(F)cc1Cl. The highest BCUT2D eigenvalue weighted by Crippen LogP contribution is 2.24. The second-order valence-electron chi connectivity index (χ2n) is 5.88. The summed E-state index contributed by atoms with van der Waals surface area (Å²) in [5, 5.41) is 9.11. The van der Waals surface area contributed by atoms with E-state index in [2.05, 4.69) is 4.72 Å². The van der Waals surface area contributed by atoms with Crippen molar-refractivity contribution in [1.29, 1.82) is 0 Å². The zero-order valence-electron chi connectivity index (χ0n) is 12.2. The van der Waals surface area contributed by atoms with Crippen LogP contribution < -0.4 is 4.72 Å². The highest BCUT2D eigenvalue weighted by molar-refractivity contribution is 7.89. The zero-order valence-corrected chi connectivity index (χ0v) is 13.8. The van der Waals surface area contributed by atoms with Gasteiger partial charge in [-0.15, -0.1) is 0 Å². The van der Waals surface area contributed by atoms with Crippen molar-refractivity contribution in [3.63, 3.8) is 0 Å². The van der Waals surface area contributed by atoms with Gasteiger partial charge in [0.05, 0.1) is 11.6 Å². The Hall–Kier alpha value is -0.690. The molecule has 0 spiro atoms. The van der Waals surface area contributed by atoms with Gasteiger partial charge in [-0.3, -0.25) is 0 Å². The number of rotatable bonds is 6. The van der Waals surface area contributed by atoms with Crippen LogP contribution in [-0.2, 0) is 10.0 Å². The molecule has 0 saturated carbocycles. The van der Waals surface area contributed by atoms with E-state index in [1.807, 2.05) is 27.2 Å². The molecule has 0 unspecified atom stereocenters. The van der Waals surface area contributed by atoms with Gasteiger partial charge in [0.25, 0.3) is 0 Å². The van der Waals surface area contributed by atoms with Crippen molar-refractivity contribution in [2.24, 2.45) is 5.41 Å². The standard InChI is InChI=1S/C14H20ClFNO3S/c1-14(2,3)7-6-11(9-18)17-21(19,20)13-5-4-10(16)8-12(13)15/h4-5,7-8,11,17-18H,6,9H2,1-3H3/t11-/m1/s1. The first kappa shape index (κ1) is 18.4. The van der Waals surface area contributed by atoms with Gasteiger partial charge in [-0.1, -0.05) is 32.4 Å². The zero-order chi connectivity index (χ0) is 16.3. The number of nitrogens with one attached hydrogen (secondary N) is 1. The molecule has 0 aliphatic carbocycles. The number of aliphatic hydroxyl groups is 1. The highest BCUT2D eigenvalue weighted by Gasteiger charge is 2.23. The molecule has 0 aliphatic rings. The predicted molar refractivity (Wildman–Crippen MR) is 81.0 cm³/mol. The Balaban J connectivity index is 2.87. The second-order valence-corrected chi connectivity index (χ2v) is 7.97. The minimum atomic E-state index is -3.92. The third-order valence-electron chi connectivity index (χ3n) is 2.74. The number of hydrogen-bond acceptors (Lipinski definition) is 3. The summed E-state index contributed by atoms with van der Waals surface area (Å²) in [6, 6.07) is 2.40. The Bertz CT molecular complexity index is 584. The lowest BCUT2D eigenvalue weighted by Gasteiger charge is -2.22. The van der Waals surface area contributed by atoms with E-state index in [4.69, 9.17) is 11.6 Å². The first-order valence-corrected chi connectivity index (χ1v) is 8.34. The van der Waals surface area contributed by atoms with E-state index in [-0.39, 0.29) is 21.9 Å². The molecule has 119 valence electrons. The third-order valence-corrected chi connectivity index (χ3v) is 4.74. The van der Waals surface area contributed by atoms with Crippen LogP contribution in [0, 0.1) is 17.7 Å². The normalized spacial score (nSPS) is 14.2. The van der Waals surface area contributed by atoms with Gasteiger partial charge in [-0.05, 0) is 36.5 Å². The molecule has 1 aromatic carbocycles. The first-order valence-electron chi connectivity index (χ1n) is 6.48. The van der Waals surface area contributed by atoms with E-state index in [1.54, 1.807) is 0 Å². The Morgan fingerprint density at radius 1 is 1.43 bits per heavy atom. The van der Waals surface area contributed by atoms with Crippen molar-refractivity contribution in [3.8, 4) is 0 Å². The number of aliphatic hydroxyl groups excluding tert-OH is 1. The summed E-state index contributed by atoms with van der Waals surface area (Å²) in [5.41, 5.74) is -0.0909. The average Bonchev–Trinajstić information content (AvgIpc) is 2.32. The minimum Gasteiger partial charge on any atom is -0.395 e. The Kier molecular flexibility index (Phi) is 6.16. The van der Waals surface area contributed by atoms with E-state index in [0.717, 1.165) is 18.2 Å². The van der Waals surface area contributed by atoms with E-state index in [1.165, 1.54) is 0 Å². The maximum atomic E-state index is 13.0. The van der Waals surface area contributed by atoms with Crippen LogP contribution in [0.15, 0.2) is 23.1 Å². The summed E-state index contributed by atoms with van der Waals surface area (Å²) >= 11 is 5.76. The van der Waals surface area contributed by atoms with Crippen molar-refractivity contribution >= 4 is 21.6 Å². The van der Waals surface area contributed by atoms with Gasteiger partial charge in [-0.25, -0.2) is 17.5 Å². The summed E-state index contributed by atoms with van der Waals surface area (Å²) in [6.07, 6.45) is 2.29. The molecule has 0 amide bonds. The van der Waals surface area contributed by atoms with Crippen LogP contribution in [0.4, 0.5) is 4.39 Å². The molecule has 7 heteroatoms. The molecule has 2 N–H and O–H groups in total. The lowest BCUT2D eigenvalue weighted by atomic mass is 9.89. The second kappa shape index (κ2) is 7.05. The lowest BCUT2D eigenvalue weighted by molar-refractivity contribution is 0.250. The van der Waals surface area contributed by atoms with Crippen molar-refractivity contribution < 1.29 is 17.9 Å². The van der Waals surface area contributed by atoms with Crippen molar-refractivity contribution in [2.75, 3.05) is 6.61 Å². The number of benzene rings is 1. The largest absolute Gasteiger partial charge is 0.395 e. The average molecular weight is 337 g/mol. The quantitative estimate of drug-likeness (QED) is 0.839. The number of hydrogen-bond donors (Lipinski definition) is 2. The van der Waals surface area contributed by atoms with Gasteiger partial charge in [0.2, 0.25) is 10.0 Å². The molecule has 0 aliphatic heterocycles. The number of sulfonamides is 1. The Morgan fingerprint density at radius 3 is 2.52 bits per heavy atom. The molecule has 1 aromatic rings. The van der Waals surface area contributed by atoms with E-state index in [0.29, 0.717) is 6.42 Å². The van der Waals surface area contributed by atoms with Gasteiger partial charge < -0.3 is 5.11 Å². The lowest BCUT2D eigenvalue weighted by Crippen LogP contribution is -2.38. The fourth-order valence-corrected chi connectivity index (χ4v) is 3.40. The van der Waals surface area contributed by atoms with Crippen LogP contribution >= 0.6 is 11.6 Å². The molecule has 1 atom stereocenters. The van der Waals surface area contributed by atoms with Crippen LogP contribution in [0.25, 0.3) is 0 Å². The third kappa shape index (κ3) is 5.90. The Labute approximate surface area is 130 Å². The summed E-state index contributed by atoms with van der Waals surface area (Å²) in [4.78, 5) is -0.209. The summed E-state index contributed by atoms with van der Waals surface area (Å²) in [7, 11) is -3.92. The van der Waals surface area contributed by atoms with Gasteiger partial charge in [0.15, 0.2) is 0 Å². The monoisotopic (exact) mass is 336 g/mol. The smallest absolute Gasteiger partial charge is 0.242 e. The topological polar surface area (TPSA) is 66.4 Å². The van der Waals surface area contributed by atoms with Gasteiger partial charge in [0.1, 0.15) is 10.7 Å². The molecule has 0 fully saturated rings. The molecule has 0 saturated heterocycles. The fraction of sp³-hybridized carbons (Fsp3) is 0.500. The molecule has 0 aromatic heterocycles. The molecule has 4 nitrogen and oxygen atoms in total. The van der Waals surface area contributed by atoms with Gasteiger partial charge in [0, 0.05) is 6.04 Å². The van der Waals surface area contributed by atoms with Crippen molar-refractivity contribution in [1.82, 2.24) is 4.72 Å². The van der Waals surface area contributed by atoms with E-state index < -0.39 is 21.9 Å². The van der Waals surface area contributed by atoms with Crippen LogP contribution in [0.5, 0.6) is 0 Å². The predicted octanol–water partition coefficient (Wildman–Crippen LogP) is 2.76. The molecule has 1 radical (unpaired) electrons. The summed E-state index contributed by atoms with van der Waals surface area (Å²) < 4.78 is 39.8. The summed E-state index contributed by atoms with van der Waals surface area (Å²) in [5.74, 6) is -0.612. The van der Waals surface area contributed by atoms with Crippen LogP contribution in [0.3, 0.4) is 0 Å². The van der Waals surface area contributed by atoms with E-state index in [9.17, 15) is 17.9 Å². The molecule has 1 rings (SSSR count). The highest BCUT2D eigenvalue weighted by atomic mass is 35.5. The molecular formula is C14H20ClFNO3S. The molecule has 0 heterocycles. The van der Waals surface area contributed by atoms with Gasteiger partial charge >= 0.3 is 0 Å². The maximum Gasteiger partial charge on any atom is 0.242 e. The minimum absolute atomic E-state index is 0.0909. The molecule has 21 heavy (non-hydrogen) atoms. The molecule has 0 bridgehead atoms. The molecular weight excluding hydrogens is 317 g/mol. The number of halogens is 2. The fourth-order valence-electron chi connectivity index (χ4n) is 1.63. The van der Waals surface area contributed by atoms with Crippen LogP contribution in [-0.4, -0.2) is 26.2 Å². The van der Waals surface area contributed by atoms with Gasteiger partial charge in [-0.2, -0.15) is 0 Å². The van der Waals surface area contributed by atoms with Crippen molar-refractivity contribution in [3.05, 3.63) is 35.5 Å². The van der Waals surface area contributed by atoms with Crippen molar-refractivity contribution in [2.45, 2.75) is 38.1 Å². The summed E-state index contributed by atoms with van der Waals surface area (Å²) in [6.45, 7) is 5.59. The van der Waals surface area contributed by atoms with Crippen LogP contribution in [0.1, 0.15) is 27.2 Å². The first-order chi connectivity index (χ1) is 9.55.